The smallest absolute Gasteiger partial charge is 0.0483 e. The molecule has 0 spiro atoms. The van der Waals surface area contributed by atoms with Crippen LogP contribution in [0.5, 0.6) is 0 Å². The fraction of sp³-hybridized carbons (Fsp3) is 0.579. The summed E-state index contributed by atoms with van der Waals surface area (Å²) in [5, 5.41) is 4.84. The van der Waals surface area contributed by atoms with Crippen LogP contribution in [0.1, 0.15) is 52.0 Å². The average Bonchev–Trinajstić information content (AvgIpc) is 2.93. The summed E-state index contributed by atoms with van der Waals surface area (Å²) in [5.74, 6) is 0.804. The topological polar surface area (TPSA) is 17.0 Å². The molecule has 2 rings (SSSR count). The fourth-order valence-corrected chi connectivity index (χ4v) is 3.06. The summed E-state index contributed by atoms with van der Waals surface area (Å²) in [6, 6.07) is 8.98. The first-order valence-corrected chi connectivity index (χ1v) is 8.57. The molecule has 0 saturated heterocycles. The Balaban J connectivity index is 2.17. The van der Waals surface area contributed by atoms with Gasteiger partial charge in [-0.1, -0.05) is 52.2 Å². The van der Waals surface area contributed by atoms with E-state index in [-0.39, 0.29) is 0 Å². The van der Waals surface area contributed by atoms with Crippen LogP contribution in [0.15, 0.2) is 30.5 Å². The summed E-state index contributed by atoms with van der Waals surface area (Å²) in [7, 11) is 0. The van der Waals surface area contributed by atoms with Crippen LogP contribution in [0.2, 0.25) is 0 Å². The number of unbranched alkanes of at least 4 members (excludes halogenated alkanes) is 1. The quantitative estimate of drug-likeness (QED) is 0.689. The molecule has 1 atom stereocenters. The normalized spacial score (nSPS) is 12.9. The molecular weight excluding hydrogens is 256 g/mol. The molecule has 116 valence electrons. The molecule has 2 aromatic rings. The van der Waals surface area contributed by atoms with Gasteiger partial charge in [0.1, 0.15) is 0 Å². The maximum atomic E-state index is 3.44. The van der Waals surface area contributed by atoms with E-state index in [1.54, 1.807) is 0 Å². The maximum absolute atomic E-state index is 3.44. The van der Waals surface area contributed by atoms with Gasteiger partial charge in [0.15, 0.2) is 0 Å². The molecular formula is C19H30N2. The van der Waals surface area contributed by atoms with Crippen LogP contribution in [0.4, 0.5) is 0 Å². The molecule has 0 aliphatic carbocycles. The Morgan fingerprint density at radius 1 is 1.14 bits per heavy atom. The number of aromatic nitrogens is 1. The Kier molecular flexibility index (Phi) is 6.31. The van der Waals surface area contributed by atoms with E-state index in [0.29, 0.717) is 0 Å². The SMILES string of the molecule is CCCCC(CC)Cn1ccc2c(CNCC)cccc21. The van der Waals surface area contributed by atoms with E-state index in [1.165, 1.54) is 42.1 Å². The van der Waals surface area contributed by atoms with Crippen molar-refractivity contribution in [3.63, 3.8) is 0 Å². The third-order valence-electron chi connectivity index (χ3n) is 4.47. The first-order chi connectivity index (χ1) is 10.3. The van der Waals surface area contributed by atoms with E-state index >= 15 is 0 Å². The summed E-state index contributed by atoms with van der Waals surface area (Å²) in [4.78, 5) is 0. The molecule has 0 radical (unpaired) electrons. The molecule has 0 fully saturated rings. The van der Waals surface area contributed by atoms with Crippen LogP contribution in [0, 0.1) is 5.92 Å². The minimum atomic E-state index is 0.804. The molecule has 0 saturated carbocycles. The highest BCUT2D eigenvalue weighted by Crippen LogP contribution is 2.23. The lowest BCUT2D eigenvalue weighted by molar-refractivity contribution is 0.396. The van der Waals surface area contributed by atoms with Crippen LogP contribution in [0.3, 0.4) is 0 Å². The molecule has 1 aromatic carbocycles. The van der Waals surface area contributed by atoms with Crippen molar-refractivity contribution in [2.45, 2.75) is 59.5 Å². The van der Waals surface area contributed by atoms with Gasteiger partial charge in [-0.05, 0) is 36.6 Å². The molecule has 1 unspecified atom stereocenters. The zero-order valence-corrected chi connectivity index (χ0v) is 13.9. The second kappa shape index (κ2) is 8.23. The van der Waals surface area contributed by atoms with E-state index in [0.717, 1.165) is 25.6 Å². The van der Waals surface area contributed by atoms with Crippen molar-refractivity contribution in [3.8, 4) is 0 Å². The minimum absolute atomic E-state index is 0.804. The number of hydrogen-bond acceptors (Lipinski definition) is 1. The van der Waals surface area contributed by atoms with Crippen LogP contribution in [-0.4, -0.2) is 11.1 Å². The van der Waals surface area contributed by atoms with Crippen molar-refractivity contribution >= 4 is 10.9 Å². The molecule has 2 heteroatoms. The minimum Gasteiger partial charge on any atom is -0.347 e. The standard InChI is InChI=1S/C19H30N2/c1-4-7-9-16(5-2)15-21-13-12-18-17(14-20-6-3)10-8-11-19(18)21/h8,10-13,16,20H,4-7,9,14-15H2,1-3H3. The molecule has 0 amide bonds. The molecule has 21 heavy (non-hydrogen) atoms. The van der Waals surface area contributed by atoms with Crippen molar-refractivity contribution in [2.75, 3.05) is 6.54 Å². The first kappa shape index (κ1) is 16.1. The second-order valence-electron chi connectivity index (χ2n) is 6.01. The number of rotatable bonds is 9. The fourth-order valence-electron chi connectivity index (χ4n) is 3.06. The molecule has 2 nitrogen and oxygen atoms in total. The van der Waals surface area contributed by atoms with Gasteiger partial charge in [0.2, 0.25) is 0 Å². The van der Waals surface area contributed by atoms with Gasteiger partial charge in [0.05, 0.1) is 0 Å². The van der Waals surface area contributed by atoms with Gasteiger partial charge in [-0.3, -0.25) is 0 Å². The molecule has 1 N–H and O–H groups in total. The van der Waals surface area contributed by atoms with Crippen LogP contribution >= 0.6 is 0 Å². The van der Waals surface area contributed by atoms with E-state index in [9.17, 15) is 0 Å². The Labute approximate surface area is 129 Å². The van der Waals surface area contributed by atoms with Crippen molar-refractivity contribution in [1.82, 2.24) is 9.88 Å². The van der Waals surface area contributed by atoms with Gasteiger partial charge in [-0.25, -0.2) is 0 Å². The zero-order valence-electron chi connectivity index (χ0n) is 13.9. The third-order valence-corrected chi connectivity index (χ3v) is 4.47. The van der Waals surface area contributed by atoms with Gasteiger partial charge in [0, 0.05) is 30.2 Å². The van der Waals surface area contributed by atoms with Gasteiger partial charge in [0.25, 0.3) is 0 Å². The predicted octanol–water partition coefficient (Wildman–Crippen LogP) is 4.97. The Bertz CT molecular complexity index is 541. The molecule has 1 heterocycles. The highest BCUT2D eigenvalue weighted by molar-refractivity contribution is 5.83. The van der Waals surface area contributed by atoms with Crippen molar-refractivity contribution in [3.05, 3.63) is 36.0 Å². The average molecular weight is 286 g/mol. The summed E-state index contributed by atoms with van der Waals surface area (Å²) >= 11 is 0. The summed E-state index contributed by atoms with van der Waals surface area (Å²) in [6.45, 7) is 9.90. The van der Waals surface area contributed by atoms with Gasteiger partial charge in [-0.2, -0.15) is 0 Å². The van der Waals surface area contributed by atoms with E-state index in [1.807, 2.05) is 0 Å². The number of nitrogens with one attached hydrogen (secondary N) is 1. The molecule has 0 aliphatic rings. The third kappa shape index (κ3) is 4.10. The van der Waals surface area contributed by atoms with Crippen molar-refractivity contribution in [2.24, 2.45) is 5.92 Å². The Morgan fingerprint density at radius 2 is 2.00 bits per heavy atom. The Hall–Kier alpha value is -1.28. The molecule has 0 bridgehead atoms. The summed E-state index contributed by atoms with van der Waals surface area (Å²) in [5.41, 5.74) is 2.80. The number of benzene rings is 1. The lowest BCUT2D eigenvalue weighted by Crippen LogP contribution is -2.12. The van der Waals surface area contributed by atoms with E-state index in [2.05, 4.69) is 61.1 Å². The largest absolute Gasteiger partial charge is 0.347 e. The predicted molar refractivity (Wildman–Crippen MR) is 92.6 cm³/mol. The molecule has 1 aromatic heterocycles. The summed E-state index contributed by atoms with van der Waals surface area (Å²) in [6.07, 6.45) is 7.55. The zero-order chi connectivity index (χ0) is 15.1. The van der Waals surface area contributed by atoms with Crippen molar-refractivity contribution < 1.29 is 0 Å². The summed E-state index contributed by atoms with van der Waals surface area (Å²) < 4.78 is 2.45. The van der Waals surface area contributed by atoms with Gasteiger partial charge >= 0.3 is 0 Å². The number of hydrogen-bond donors (Lipinski definition) is 1. The molecule has 0 aliphatic heterocycles. The van der Waals surface area contributed by atoms with Gasteiger partial charge in [-0.15, -0.1) is 0 Å². The maximum Gasteiger partial charge on any atom is 0.0483 e. The second-order valence-corrected chi connectivity index (χ2v) is 6.01. The van der Waals surface area contributed by atoms with E-state index < -0.39 is 0 Å². The lowest BCUT2D eigenvalue weighted by atomic mass is 9.99. The van der Waals surface area contributed by atoms with E-state index in [4.69, 9.17) is 0 Å². The first-order valence-electron chi connectivity index (χ1n) is 8.57. The van der Waals surface area contributed by atoms with Crippen molar-refractivity contribution in [1.29, 1.82) is 0 Å². The monoisotopic (exact) mass is 286 g/mol. The lowest BCUT2D eigenvalue weighted by Gasteiger charge is -2.16. The van der Waals surface area contributed by atoms with Crippen LogP contribution in [-0.2, 0) is 13.1 Å². The van der Waals surface area contributed by atoms with Gasteiger partial charge < -0.3 is 9.88 Å². The Morgan fingerprint density at radius 3 is 2.71 bits per heavy atom. The van der Waals surface area contributed by atoms with Crippen LogP contribution in [0.25, 0.3) is 10.9 Å². The highest BCUT2D eigenvalue weighted by Gasteiger charge is 2.10. The highest BCUT2D eigenvalue weighted by atomic mass is 15.0. The number of nitrogens with zero attached hydrogens (tertiary/aromatic N) is 1. The van der Waals surface area contributed by atoms with Crippen LogP contribution < -0.4 is 5.32 Å². The number of fused-ring (bicyclic) bond motifs is 1.